The van der Waals surface area contributed by atoms with Crippen molar-refractivity contribution < 1.29 is 14.2 Å². The minimum atomic E-state index is -0.0385. The van der Waals surface area contributed by atoms with Crippen LogP contribution in [0.15, 0.2) is 0 Å². The van der Waals surface area contributed by atoms with Crippen molar-refractivity contribution in [3.05, 3.63) is 0 Å². The molecule has 0 aliphatic carbocycles. The van der Waals surface area contributed by atoms with E-state index in [9.17, 15) is 0 Å². The molecule has 120 valence electrons. The summed E-state index contributed by atoms with van der Waals surface area (Å²) in [5.74, 6) is 1.27. The second kappa shape index (κ2) is 7.77. The van der Waals surface area contributed by atoms with E-state index in [4.69, 9.17) is 14.2 Å². The first-order chi connectivity index (χ1) is 9.18. The van der Waals surface area contributed by atoms with Crippen molar-refractivity contribution in [2.45, 2.75) is 60.0 Å². The summed E-state index contributed by atoms with van der Waals surface area (Å²) in [6.45, 7) is 17.6. The molecule has 0 saturated carbocycles. The molecule has 0 aromatic rings. The third kappa shape index (κ3) is 7.61. The Hall–Kier alpha value is -0.120. The molecule has 1 rings (SSSR count). The lowest BCUT2D eigenvalue weighted by Gasteiger charge is -2.32. The lowest BCUT2D eigenvalue weighted by atomic mass is 9.77. The topological polar surface area (TPSA) is 27.7 Å². The van der Waals surface area contributed by atoms with Crippen LogP contribution in [0.5, 0.6) is 0 Å². The SMILES string of the molecule is CC(C)(C)OCCC(CCOCC1COC1)C(C)(C)C. The minimum Gasteiger partial charge on any atom is -0.381 e. The summed E-state index contributed by atoms with van der Waals surface area (Å²) in [6, 6.07) is 0. The second-order valence-corrected chi connectivity index (χ2v) is 8.08. The molecule has 0 spiro atoms. The maximum atomic E-state index is 5.87. The smallest absolute Gasteiger partial charge is 0.0598 e. The fraction of sp³-hybridized carbons (Fsp3) is 1.00. The monoisotopic (exact) mass is 286 g/mol. The first-order valence-electron chi connectivity index (χ1n) is 7.98. The molecule has 0 bridgehead atoms. The number of rotatable bonds is 8. The van der Waals surface area contributed by atoms with Gasteiger partial charge in [0.1, 0.15) is 0 Å². The van der Waals surface area contributed by atoms with Gasteiger partial charge in [0.2, 0.25) is 0 Å². The highest BCUT2D eigenvalue weighted by Gasteiger charge is 2.25. The molecule has 0 amide bonds. The Balaban J connectivity index is 2.21. The van der Waals surface area contributed by atoms with E-state index in [0.717, 1.165) is 45.9 Å². The Morgan fingerprint density at radius 1 is 1.00 bits per heavy atom. The summed E-state index contributed by atoms with van der Waals surface area (Å²) < 4.78 is 16.8. The van der Waals surface area contributed by atoms with Crippen molar-refractivity contribution in [1.29, 1.82) is 0 Å². The van der Waals surface area contributed by atoms with Gasteiger partial charge in [0.15, 0.2) is 0 Å². The summed E-state index contributed by atoms with van der Waals surface area (Å²) in [6.07, 6.45) is 2.22. The van der Waals surface area contributed by atoms with Gasteiger partial charge < -0.3 is 14.2 Å². The van der Waals surface area contributed by atoms with Crippen LogP contribution in [0.1, 0.15) is 54.4 Å². The molecular weight excluding hydrogens is 252 g/mol. The van der Waals surface area contributed by atoms with E-state index < -0.39 is 0 Å². The lowest BCUT2D eigenvalue weighted by Crippen LogP contribution is -2.32. The molecule has 1 heterocycles. The lowest BCUT2D eigenvalue weighted by molar-refractivity contribution is -0.0747. The molecule has 1 saturated heterocycles. The Morgan fingerprint density at radius 3 is 2.05 bits per heavy atom. The van der Waals surface area contributed by atoms with Crippen molar-refractivity contribution >= 4 is 0 Å². The molecule has 1 aliphatic heterocycles. The Labute approximate surface area is 125 Å². The maximum absolute atomic E-state index is 5.87. The number of ether oxygens (including phenoxy) is 3. The minimum absolute atomic E-state index is 0.0385. The molecular formula is C17H34O3. The zero-order chi connectivity index (χ0) is 15.2. The standard InChI is InChI=1S/C17H34O3/c1-16(2,3)15(8-10-20-17(4,5)6)7-9-18-11-14-12-19-13-14/h14-15H,7-13H2,1-6H3. The third-order valence-electron chi connectivity index (χ3n) is 3.90. The van der Waals surface area contributed by atoms with Crippen LogP contribution >= 0.6 is 0 Å². The van der Waals surface area contributed by atoms with Crippen LogP contribution in [-0.2, 0) is 14.2 Å². The predicted molar refractivity (Wildman–Crippen MR) is 83.0 cm³/mol. The van der Waals surface area contributed by atoms with Gasteiger partial charge in [-0.05, 0) is 44.9 Å². The molecule has 0 aromatic carbocycles. The summed E-state index contributed by atoms with van der Waals surface area (Å²) in [5.41, 5.74) is 0.271. The van der Waals surface area contributed by atoms with Crippen molar-refractivity contribution in [2.24, 2.45) is 17.3 Å². The Morgan fingerprint density at radius 2 is 1.60 bits per heavy atom. The van der Waals surface area contributed by atoms with Crippen molar-refractivity contribution in [2.75, 3.05) is 33.0 Å². The zero-order valence-corrected chi connectivity index (χ0v) is 14.3. The van der Waals surface area contributed by atoms with E-state index in [1.165, 1.54) is 0 Å². The van der Waals surface area contributed by atoms with Crippen LogP contribution in [0.25, 0.3) is 0 Å². The van der Waals surface area contributed by atoms with Gasteiger partial charge in [-0.2, -0.15) is 0 Å². The fourth-order valence-electron chi connectivity index (χ4n) is 2.37. The number of hydrogen-bond donors (Lipinski definition) is 0. The third-order valence-corrected chi connectivity index (χ3v) is 3.90. The first kappa shape index (κ1) is 17.9. The molecule has 0 radical (unpaired) electrons. The van der Waals surface area contributed by atoms with E-state index in [-0.39, 0.29) is 5.60 Å². The molecule has 0 aromatic heterocycles. The normalized spacial score (nSPS) is 18.9. The summed E-state index contributed by atoms with van der Waals surface area (Å²) >= 11 is 0. The Kier molecular flexibility index (Phi) is 6.96. The molecule has 1 fully saturated rings. The van der Waals surface area contributed by atoms with Crippen LogP contribution in [0, 0.1) is 17.3 Å². The quantitative estimate of drug-likeness (QED) is 0.633. The molecule has 1 atom stereocenters. The fourth-order valence-corrected chi connectivity index (χ4v) is 2.37. The van der Waals surface area contributed by atoms with Crippen LogP contribution in [0.3, 0.4) is 0 Å². The number of hydrogen-bond acceptors (Lipinski definition) is 3. The largest absolute Gasteiger partial charge is 0.381 e. The Bertz CT molecular complexity index is 258. The van der Waals surface area contributed by atoms with Gasteiger partial charge in [-0.25, -0.2) is 0 Å². The maximum Gasteiger partial charge on any atom is 0.0598 e. The van der Waals surface area contributed by atoms with Gasteiger partial charge in [0, 0.05) is 19.1 Å². The average Bonchev–Trinajstić information content (AvgIpc) is 2.20. The predicted octanol–water partition coefficient (Wildman–Crippen LogP) is 3.91. The van der Waals surface area contributed by atoms with Gasteiger partial charge in [-0.15, -0.1) is 0 Å². The van der Waals surface area contributed by atoms with Crippen molar-refractivity contribution in [1.82, 2.24) is 0 Å². The van der Waals surface area contributed by atoms with Gasteiger partial charge >= 0.3 is 0 Å². The summed E-state index contributed by atoms with van der Waals surface area (Å²) in [7, 11) is 0. The summed E-state index contributed by atoms with van der Waals surface area (Å²) in [5, 5.41) is 0. The highest BCUT2D eigenvalue weighted by atomic mass is 16.5. The molecule has 20 heavy (non-hydrogen) atoms. The second-order valence-electron chi connectivity index (χ2n) is 8.08. The molecule has 1 unspecified atom stereocenters. The highest BCUT2D eigenvalue weighted by Crippen LogP contribution is 2.32. The summed E-state index contributed by atoms with van der Waals surface area (Å²) in [4.78, 5) is 0. The molecule has 3 nitrogen and oxygen atoms in total. The first-order valence-corrected chi connectivity index (χ1v) is 7.98. The molecule has 0 N–H and O–H groups in total. The molecule has 1 aliphatic rings. The van der Waals surface area contributed by atoms with E-state index in [2.05, 4.69) is 41.5 Å². The highest BCUT2D eigenvalue weighted by molar-refractivity contribution is 4.75. The van der Waals surface area contributed by atoms with Crippen molar-refractivity contribution in [3.8, 4) is 0 Å². The molecule has 3 heteroatoms. The van der Waals surface area contributed by atoms with E-state index in [0.29, 0.717) is 17.3 Å². The van der Waals surface area contributed by atoms with Crippen LogP contribution in [0.4, 0.5) is 0 Å². The van der Waals surface area contributed by atoms with E-state index in [1.54, 1.807) is 0 Å². The van der Waals surface area contributed by atoms with Gasteiger partial charge in [0.25, 0.3) is 0 Å². The van der Waals surface area contributed by atoms with Crippen LogP contribution in [-0.4, -0.2) is 38.6 Å². The van der Waals surface area contributed by atoms with Gasteiger partial charge in [-0.3, -0.25) is 0 Å². The van der Waals surface area contributed by atoms with Crippen LogP contribution < -0.4 is 0 Å². The van der Waals surface area contributed by atoms with Gasteiger partial charge in [0.05, 0.1) is 25.4 Å². The van der Waals surface area contributed by atoms with Gasteiger partial charge in [-0.1, -0.05) is 20.8 Å². The average molecular weight is 286 g/mol. The van der Waals surface area contributed by atoms with Crippen LogP contribution in [0.2, 0.25) is 0 Å². The van der Waals surface area contributed by atoms with Crippen molar-refractivity contribution in [3.63, 3.8) is 0 Å². The zero-order valence-electron chi connectivity index (χ0n) is 14.3. The van der Waals surface area contributed by atoms with E-state index >= 15 is 0 Å². The van der Waals surface area contributed by atoms with E-state index in [1.807, 2.05) is 0 Å².